The van der Waals surface area contributed by atoms with E-state index in [2.05, 4.69) is 11.4 Å². The molecule has 3 atom stereocenters. The SMILES string of the molecule is CCO[C@@H]1OC(C(=O)NC2CCCCC2)=C[C@H](C2CCCCC2)[C@@H]1CCCO. The zero-order valence-electron chi connectivity index (χ0n) is 17.5. The summed E-state index contributed by atoms with van der Waals surface area (Å²) in [6.07, 6.45) is 15.4. The number of hydrogen-bond acceptors (Lipinski definition) is 4. The highest BCUT2D eigenvalue weighted by atomic mass is 16.7. The number of carbonyl (C=O) groups excluding carboxylic acids is 1. The lowest BCUT2D eigenvalue weighted by molar-refractivity contribution is -0.177. The maximum absolute atomic E-state index is 13.0. The second-order valence-corrected chi connectivity index (χ2v) is 8.79. The Bertz CT molecular complexity index is 509. The number of aliphatic hydroxyl groups excluding tert-OH is 1. The summed E-state index contributed by atoms with van der Waals surface area (Å²) in [5.74, 6) is 1.48. The molecule has 2 saturated carbocycles. The number of amides is 1. The fraction of sp³-hybridized carbons (Fsp3) is 0.870. The van der Waals surface area contributed by atoms with Gasteiger partial charge < -0.3 is 19.9 Å². The maximum atomic E-state index is 13.0. The smallest absolute Gasteiger partial charge is 0.286 e. The molecular formula is C23H39NO4. The first kappa shape index (κ1) is 21.6. The van der Waals surface area contributed by atoms with Crippen LogP contribution in [0.15, 0.2) is 11.8 Å². The highest BCUT2D eigenvalue weighted by molar-refractivity contribution is 5.91. The van der Waals surface area contributed by atoms with Crippen LogP contribution in [0.4, 0.5) is 0 Å². The highest BCUT2D eigenvalue weighted by Gasteiger charge is 2.41. The molecule has 0 aromatic carbocycles. The Balaban J connectivity index is 1.77. The summed E-state index contributed by atoms with van der Waals surface area (Å²) in [6, 6.07) is 0.275. The van der Waals surface area contributed by atoms with E-state index in [-0.39, 0.29) is 30.8 Å². The molecule has 2 aliphatic carbocycles. The van der Waals surface area contributed by atoms with Crippen molar-refractivity contribution >= 4 is 5.91 Å². The molecule has 2 fully saturated rings. The van der Waals surface area contributed by atoms with Gasteiger partial charge in [-0.05, 0) is 63.4 Å². The number of rotatable bonds is 8. The fourth-order valence-corrected chi connectivity index (χ4v) is 5.35. The van der Waals surface area contributed by atoms with E-state index < -0.39 is 0 Å². The van der Waals surface area contributed by atoms with Gasteiger partial charge in [0.1, 0.15) is 0 Å². The molecule has 0 aromatic heterocycles. The Hall–Kier alpha value is -1.07. The Labute approximate surface area is 170 Å². The molecule has 5 heteroatoms. The van der Waals surface area contributed by atoms with Gasteiger partial charge in [-0.1, -0.05) is 38.5 Å². The van der Waals surface area contributed by atoms with E-state index in [4.69, 9.17) is 9.47 Å². The first-order valence-electron chi connectivity index (χ1n) is 11.6. The molecule has 0 radical (unpaired) electrons. The third kappa shape index (κ3) is 5.73. The van der Waals surface area contributed by atoms with Gasteiger partial charge in [-0.2, -0.15) is 0 Å². The molecular weight excluding hydrogens is 354 g/mol. The van der Waals surface area contributed by atoms with Crippen LogP contribution in [-0.4, -0.2) is 36.6 Å². The lowest BCUT2D eigenvalue weighted by Crippen LogP contribution is -2.44. The predicted octanol–water partition coefficient (Wildman–Crippen LogP) is 4.30. The molecule has 0 aromatic rings. The zero-order valence-corrected chi connectivity index (χ0v) is 17.5. The van der Waals surface area contributed by atoms with Crippen LogP contribution in [0.5, 0.6) is 0 Å². The Morgan fingerprint density at radius 3 is 2.46 bits per heavy atom. The Kier molecular flexibility index (Phi) is 8.66. The van der Waals surface area contributed by atoms with E-state index in [1.54, 1.807) is 0 Å². The van der Waals surface area contributed by atoms with E-state index in [1.165, 1.54) is 51.4 Å². The molecule has 3 rings (SSSR count). The summed E-state index contributed by atoms with van der Waals surface area (Å²) < 4.78 is 12.1. The first-order valence-corrected chi connectivity index (χ1v) is 11.6. The Morgan fingerprint density at radius 1 is 1.14 bits per heavy atom. The molecule has 3 aliphatic rings. The number of hydrogen-bond donors (Lipinski definition) is 2. The third-order valence-corrected chi connectivity index (χ3v) is 6.82. The van der Waals surface area contributed by atoms with Crippen molar-refractivity contribution in [2.45, 2.75) is 96.3 Å². The second-order valence-electron chi connectivity index (χ2n) is 8.79. The lowest BCUT2D eigenvalue weighted by Gasteiger charge is -2.41. The molecule has 1 heterocycles. The topological polar surface area (TPSA) is 67.8 Å². The van der Waals surface area contributed by atoms with Crippen molar-refractivity contribution in [1.29, 1.82) is 0 Å². The number of allylic oxidation sites excluding steroid dienone is 1. The zero-order chi connectivity index (χ0) is 19.8. The minimum Gasteiger partial charge on any atom is -0.459 e. The van der Waals surface area contributed by atoms with Crippen LogP contribution in [0.2, 0.25) is 0 Å². The molecule has 0 bridgehead atoms. The molecule has 5 nitrogen and oxygen atoms in total. The van der Waals surface area contributed by atoms with E-state index in [0.717, 1.165) is 25.7 Å². The van der Waals surface area contributed by atoms with Crippen LogP contribution in [0.25, 0.3) is 0 Å². The van der Waals surface area contributed by atoms with Crippen LogP contribution < -0.4 is 5.32 Å². The molecule has 160 valence electrons. The van der Waals surface area contributed by atoms with Crippen molar-refractivity contribution in [1.82, 2.24) is 5.32 Å². The lowest BCUT2D eigenvalue weighted by atomic mass is 9.71. The maximum Gasteiger partial charge on any atom is 0.286 e. The van der Waals surface area contributed by atoms with Gasteiger partial charge >= 0.3 is 0 Å². The van der Waals surface area contributed by atoms with Crippen molar-refractivity contribution in [3.8, 4) is 0 Å². The molecule has 1 amide bonds. The first-order chi connectivity index (χ1) is 13.7. The minimum atomic E-state index is -0.388. The van der Waals surface area contributed by atoms with Gasteiger partial charge in [-0.25, -0.2) is 0 Å². The van der Waals surface area contributed by atoms with Crippen LogP contribution in [0.1, 0.15) is 84.0 Å². The molecule has 0 unspecified atom stereocenters. The summed E-state index contributed by atoms with van der Waals surface area (Å²) in [6.45, 7) is 2.73. The minimum absolute atomic E-state index is 0.0713. The standard InChI is InChI=1S/C23H39NO4/c1-2-27-23-19(14-9-15-25)20(17-10-5-3-6-11-17)16-21(28-23)22(26)24-18-12-7-4-8-13-18/h16-20,23,25H,2-15H2,1H3,(H,24,26)/t19-,20+,23+/m0/s1. The van der Waals surface area contributed by atoms with Gasteiger partial charge in [0.2, 0.25) is 6.29 Å². The number of ether oxygens (including phenoxy) is 2. The van der Waals surface area contributed by atoms with Crippen molar-refractivity contribution in [2.24, 2.45) is 17.8 Å². The average molecular weight is 394 g/mol. The largest absolute Gasteiger partial charge is 0.459 e. The molecule has 0 spiro atoms. The summed E-state index contributed by atoms with van der Waals surface area (Å²) in [7, 11) is 0. The normalized spacial score (nSPS) is 29.8. The Morgan fingerprint density at radius 2 is 1.82 bits per heavy atom. The molecule has 0 saturated heterocycles. The molecule has 2 N–H and O–H groups in total. The van der Waals surface area contributed by atoms with Gasteiger partial charge in [-0.15, -0.1) is 0 Å². The predicted molar refractivity (Wildman–Crippen MR) is 109 cm³/mol. The van der Waals surface area contributed by atoms with E-state index in [9.17, 15) is 9.90 Å². The summed E-state index contributed by atoms with van der Waals surface area (Å²) in [5.41, 5.74) is 0. The van der Waals surface area contributed by atoms with Crippen LogP contribution >= 0.6 is 0 Å². The van der Waals surface area contributed by atoms with Crippen LogP contribution in [0.3, 0.4) is 0 Å². The van der Waals surface area contributed by atoms with E-state index in [1.807, 2.05) is 6.92 Å². The summed E-state index contributed by atoms with van der Waals surface area (Å²) in [4.78, 5) is 13.0. The number of carbonyl (C=O) groups is 1. The van der Waals surface area contributed by atoms with Crippen molar-refractivity contribution < 1.29 is 19.4 Å². The number of nitrogens with one attached hydrogen (secondary N) is 1. The van der Waals surface area contributed by atoms with Gasteiger partial charge in [0.15, 0.2) is 5.76 Å². The third-order valence-electron chi connectivity index (χ3n) is 6.82. The monoisotopic (exact) mass is 393 g/mol. The van der Waals surface area contributed by atoms with Crippen LogP contribution in [0, 0.1) is 17.8 Å². The van der Waals surface area contributed by atoms with Crippen LogP contribution in [-0.2, 0) is 14.3 Å². The average Bonchev–Trinajstić information content (AvgIpc) is 2.74. The highest BCUT2D eigenvalue weighted by Crippen LogP contribution is 2.42. The van der Waals surface area contributed by atoms with Gasteiger partial charge in [0.05, 0.1) is 0 Å². The molecule has 1 aliphatic heterocycles. The van der Waals surface area contributed by atoms with Crippen molar-refractivity contribution in [3.63, 3.8) is 0 Å². The summed E-state index contributed by atoms with van der Waals surface area (Å²) >= 11 is 0. The van der Waals surface area contributed by atoms with Gasteiger partial charge in [-0.3, -0.25) is 4.79 Å². The second kappa shape index (κ2) is 11.2. The molecule has 28 heavy (non-hydrogen) atoms. The van der Waals surface area contributed by atoms with Crippen molar-refractivity contribution in [3.05, 3.63) is 11.8 Å². The van der Waals surface area contributed by atoms with E-state index in [0.29, 0.717) is 24.2 Å². The van der Waals surface area contributed by atoms with E-state index >= 15 is 0 Å². The van der Waals surface area contributed by atoms with Gasteiger partial charge in [0.25, 0.3) is 5.91 Å². The van der Waals surface area contributed by atoms with Gasteiger partial charge in [0, 0.05) is 25.2 Å². The number of aliphatic hydroxyl groups is 1. The fourth-order valence-electron chi connectivity index (χ4n) is 5.35. The quantitative estimate of drug-likeness (QED) is 0.645. The summed E-state index contributed by atoms with van der Waals surface area (Å²) in [5, 5.41) is 12.6. The van der Waals surface area contributed by atoms with Crippen molar-refractivity contribution in [2.75, 3.05) is 13.2 Å².